The van der Waals surface area contributed by atoms with Crippen LogP contribution in [0.2, 0.25) is 0 Å². The number of ether oxygens (including phenoxy) is 1. The topological polar surface area (TPSA) is 55.6 Å². The minimum Gasteiger partial charge on any atom is -0.368 e. The van der Waals surface area contributed by atoms with E-state index in [1.165, 1.54) is 5.56 Å². The first-order valence-electron chi connectivity index (χ1n) is 7.46. The van der Waals surface area contributed by atoms with Gasteiger partial charge in [0.2, 0.25) is 0 Å². The van der Waals surface area contributed by atoms with Gasteiger partial charge in [0, 0.05) is 31.7 Å². The van der Waals surface area contributed by atoms with E-state index >= 15 is 0 Å². The number of rotatable bonds is 2. The number of nitrogens with zero attached hydrogens (tertiary/aromatic N) is 1. The van der Waals surface area contributed by atoms with Crippen molar-refractivity contribution >= 4 is 5.91 Å². The number of carbonyl (C=O) groups is 1. The molecular formula is C16H22N2O2. The molecule has 3 atom stereocenters. The maximum absolute atomic E-state index is 12.5. The van der Waals surface area contributed by atoms with Crippen LogP contribution in [-0.4, -0.2) is 42.6 Å². The molecule has 0 aromatic heterocycles. The number of nitrogens with two attached hydrogens (primary N) is 1. The van der Waals surface area contributed by atoms with Crippen molar-refractivity contribution in [2.75, 3.05) is 19.7 Å². The first-order chi connectivity index (χ1) is 9.75. The average Bonchev–Trinajstić information content (AvgIpc) is 2.90. The van der Waals surface area contributed by atoms with Crippen LogP contribution in [0, 0.1) is 0 Å². The third-order valence-electron chi connectivity index (χ3n) is 4.36. The molecule has 0 bridgehead atoms. The van der Waals surface area contributed by atoms with Gasteiger partial charge in [-0.05, 0) is 24.8 Å². The van der Waals surface area contributed by atoms with Gasteiger partial charge in [0.25, 0.3) is 5.91 Å². The van der Waals surface area contributed by atoms with Crippen molar-refractivity contribution in [1.82, 2.24) is 4.90 Å². The van der Waals surface area contributed by atoms with Gasteiger partial charge in [-0.2, -0.15) is 0 Å². The van der Waals surface area contributed by atoms with Gasteiger partial charge in [-0.3, -0.25) is 4.79 Å². The summed E-state index contributed by atoms with van der Waals surface area (Å²) in [6.45, 7) is 2.06. The van der Waals surface area contributed by atoms with Crippen LogP contribution in [-0.2, 0) is 9.53 Å². The minimum atomic E-state index is -0.245. The van der Waals surface area contributed by atoms with Crippen LogP contribution in [0.3, 0.4) is 0 Å². The summed E-state index contributed by atoms with van der Waals surface area (Å²) >= 11 is 0. The highest BCUT2D eigenvalue weighted by molar-refractivity contribution is 5.81. The summed E-state index contributed by atoms with van der Waals surface area (Å²) in [6, 6.07) is 10.3. The van der Waals surface area contributed by atoms with Crippen molar-refractivity contribution in [3.8, 4) is 0 Å². The summed E-state index contributed by atoms with van der Waals surface area (Å²) in [5.41, 5.74) is 7.46. The van der Waals surface area contributed by atoms with Gasteiger partial charge < -0.3 is 15.4 Å². The SMILES string of the molecule is N[C@@H]1CN(C(=O)C2CCCCO2)C[C@H]1c1ccccc1. The summed E-state index contributed by atoms with van der Waals surface area (Å²) in [7, 11) is 0. The van der Waals surface area contributed by atoms with E-state index in [1.54, 1.807) is 0 Å². The van der Waals surface area contributed by atoms with E-state index in [-0.39, 0.29) is 24.0 Å². The van der Waals surface area contributed by atoms with Crippen LogP contribution in [0.4, 0.5) is 0 Å². The highest BCUT2D eigenvalue weighted by Crippen LogP contribution is 2.28. The van der Waals surface area contributed by atoms with Crippen molar-refractivity contribution < 1.29 is 9.53 Å². The smallest absolute Gasteiger partial charge is 0.251 e. The number of carbonyl (C=O) groups excluding carboxylic acids is 1. The number of amides is 1. The molecule has 2 N–H and O–H groups in total. The number of benzene rings is 1. The van der Waals surface area contributed by atoms with E-state index in [1.807, 2.05) is 23.1 Å². The van der Waals surface area contributed by atoms with Crippen LogP contribution in [0.5, 0.6) is 0 Å². The highest BCUT2D eigenvalue weighted by atomic mass is 16.5. The molecule has 2 fully saturated rings. The average molecular weight is 274 g/mol. The molecule has 1 aromatic carbocycles. The standard InChI is InChI=1S/C16H22N2O2/c17-14-11-18(16(19)15-8-4-5-9-20-15)10-13(14)12-6-2-1-3-7-12/h1-3,6-7,13-15H,4-5,8-11,17H2/t13-,14+,15?/m0/s1. The van der Waals surface area contributed by atoms with E-state index in [4.69, 9.17) is 10.5 Å². The molecule has 1 aromatic rings. The molecule has 0 radical (unpaired) electrons. The molecule has 2 aliphatic heterocycles. The maximum atomic E-state index is 12.5. The fourth-order valence-electron chi connectivity index (χ4n) is 3.20. The molecule has 0 saturated carbocycles. The second-order valence-electron chi connectivity index (χ2n) is 5.78. The van der Waals surface area contributed by atoms with Gasteiger partial charge in [0.15, 0.2) is 0 Å². The summed E-state index contributed by atoms with van der Waals surface area (Å²) in [5, 5.41) is 0. The van der Waals surface area contributed by atoms with E-state index in [2.05, 4.69) is 12.1 Å². The zero-order valence-corrected chi connectivity index (χ0v) is 11.7. The monoisotopic (exact) mass is 274 g/mol. The first kappa shape index (κ1) is 13.6. The molecule has 2 heterocycles. The minimum absolute atomic E-state index is 0.0185. The molecule has 1 unspecified atom stereocenters. The van der Waals surface area contributed by atoms with Crippen molar-refractivity contribution in [3.05, 3.63) is 35.9 Å². The van der Waals surface area contributed by atoms with E-state index < -0.39 is 0 Å². The van der Waals surface area contributed by atoms with E-state index in [0.717, 1.165) is 19.3 Å². The van der Waals surface area contributed by atoms with Crippen LogP contribution >= 0.6 is 0 Å². The molecule has 108 valence electrons. The Kier molecular flexibility index (Phi) is 4.03. The Morgan fingerprint density at radius 3 is 2.70 bits per heavy atom. The Bertz CT molecular complexity index is 457. The van der Waals surface area contributed by atoms with Gasteiger partial charge in [-0.1, -0.05) is 30.3 Å². The third kappa shape index (κ3) is 2.72. The molecule has 20 heavy (non-hydrogen) atoms. The second-order valence-corrected chi connectivity index (χ2v) is 5.78. The summed E-state index contributed by atoms with van der Waals surface area (Å²) in [5.74, 6) is 0.363. The number of likely N-dealkylation sites (tertiary alicyclic amines) is 1. The molecular weight excluding hydrogens is 252 g/mol. The highest BCUT2D eigenvalue weighted by Gasteiger charge is 2.37. The predicted molar refractivity (Wildman–Crippen MR) is 77.3 cm³/mol. The van der Waals surface area contributed by atoms with Crippen molar-refractivity contribution in [1.29, 1.82) is 0 Å². The van der Waals surface area contributed by atoms with Gasteiger partial charge >= 0.3 is 0 Å². The zero-order valence-electron chi connectivity index (χ0n) is 11.7. The van der Waals surface area contributed by atoms with E-state index in [9.17, 15) is 4.79 Å². The molecule has 2 saturated heterocycles. The fourth-order valence-corrected chi connectivity index (χ4v) is 3.20. The quantitative estimate of drug-likeness (QED) is 0.889. The van der Waals surface area contributed by atoms with Crippen LogP contribution in [0.15, 0.2) is 30.3 Å². The third-order valence-corrected chi connectivity index (χ3v) is 4.36. The van der Waals surface area contributed by atoms with Crippen LogP contribution in [0.1, 0.15) is 30.7 Å². The summed E-state index contributed by atoms with van der Waals surface area (Å²) in [4.78, 5) is 14.4. The maximum Gasteiger partial charge on any atom is 0.251 e. The van der Waals surface area contributed by atoms with Gasteiger partial charge in [-0.25, -0.2) is 0 Å². The largest absolute Gasteiger partial charge is 0.368 e. The lowest BCUT2D eigenvalue weighted by molar-refractivity contribution is -0.145. The Labute approximate surface area is 119 Å². The van der Waals surface area contributed by atoms with E-state index in [0.29, 0.717) is 19.7 Å². The Balaban J connectivity index is 1.67. The zero-order chi connectivity index (χ0) is 13.9. The number of hydrogen-bond donors (Lipinski definition) is 1. The Morgan fingerprint density at radius 2 is 2.00 bits per heavy atom. The lowest BCUT2D eigenvalue weighted by atomic mass is 9.95. The molecule has 3 rings (SSSR count). The van der Waals surface area contributed by atoms with Crippen LogP contribution in [0.25, 0.3) is 0 Å². The van der Waals surface area contributed by atoms with Crippen molar-refractivity contribution in [2.24, 2.45) is 5.73 Å². The van der Waals surface area contributed by atoms with Crippen LogP contribution < -0.4 is 5.73 Å². The Hall–Kier alpha value is -1.39. The molecule has 4 nitrogen and oxygen atoms in total. The van der Waals surface area contributed by atoms with Gasteiger partial charge in [0.05, 0.1) is 0 Å². The van der Waals surface area contributed by atoms with Crippen molar-refractivity contribution in [2.45, 2.75) is 37.3 Å². The predicted octanol–water partition coefficient (Wildman–Crippen LogP) is 1.51. The molecule has 0 spiro atoms. The normalized spacial score (nSPS) is 30.4. The molecule has 1 amide bonds. The van der Waals surface area contributed by atoms with Gasteiger partial charge in [0.1, 0.15) is 6.10 Å². The van der Waals surface area contributed by atoms with Crippen molar-refractivity contribution in [3.63, 3.8) is 0 Å². The lowest BCUT2D eigenvalue weighted by Gasteiger charge is -2.26. The molecule has 0 aliphatic carbocycles. The summed E-state index contributed by atoms with van der Waals surface area (Å²) < 4.78 is 5.60. The Morgan fingerprint density at radius 1 is 1.20 bits per heavy atom. The first-order valence-corrected chi connectivity index (χ1v) is 7.46. The molecule has 4 heteroatoms. The summed E-state index contributed by atoms with van der Waals surface area (Å²) in [6.07, 6.45) is 2.75. The van der Waals surface area contributed by atoms with Gasteiger partial charge in [-0.15, -0.1) is 0 Å². The fraction of sp³-hybridized carbons (Fsp3) is 0.562. The number of hydrogen-bond acceptors (Lipinski definition) is 3. The molecule has 2 aliphatic rings. The second kappa shape index (κ2) is 5.94. The lowest BCUT2D eigenvalue weighted by Crippen LogP contribution is -2.41.